The third-order valence-electron chi connectivity index (χ3n) is 25.0. The summed E-state index contributed by atoms with van der Waals surface area (Å²) in [6.07, 6.45) is 0. The normalized spacial score (nSPS) is 11.8. The Morgan fingerprint density at radius 3 is 0.419 bits per heavy atom. The van der Waals surface area contributed by atoms with E-state index in [0.717, 1.165) is 0 Å². The minimum absolute atomic E-state index is 1.08. The Bertz CT molecular complexity index is 9420. The second-order valence-corrected chi connectivity index (χ2v) is 32.3. The molecule has 0 aliphatic heterocycles. The molecule has 0 spiro atoms. The number of aromatic hydroxyl groups is 56. The maximum atomic E-state index is 12.6. The van der Waals surface area contributed by atoms with E-state index in [1.54, 1.807) is 0 Å². The first-order chi connectivity index (χ1) is 69.0. The zero-order valence-electron chi connectivity index (χ0n) is 70.9. The van der Waals surface area contributed by atoms with E-state index in [4.69, 9.17) is 8.83 Å². The molecule has 17 aromatic carbocycles. The van der Waals surface area contributed by atoms with Gasteiger partial charge >= 0.3 is 0 Å². The maximum absolute atomic E-state index is 12.6. The number of hydrogen-bond donors (Lipinski definition) is 56. The zero-order valence-corrected chi connectivity index (χ0v) is 70.9. The van der Waals surface area contributed by atoms with Gasteiger partial charge in [-0.1, -0.05) is 0 Å². The summed E-state index contributed by atoms with van der Waals surface area (Å²) in [6, 6.07) is 0. The Kier molecular flexibility index (Phi) is 19.3. The number of furan rings is 2. The monoisotopic (exact) mass is 2060 g/mol. The van der Waals surface area contributed by atoms with Crippen LogP contribution in [0.15, 0.2) is 8.83 Å². The number of benzene rings is 17. The van der Waals surface area contributed by atoms with Crippen LogP contribution in [0.3, 0.4) is 0 Å². The van der Waals surface area contributed by atoms with E-state index in [1.807, 2.05) is 0 Å². The summed E-state index contributed by atoms with van der Waals surface area (Å²) in [5, 5.41) is 606. The number of fused-ring (bicyclic) bond motifs is 12. The smallest absolute Gasteiger partial charge is 0.208 e. The number of hydrogen-bond acceptors (Lipinski definition) is 58. The fourth-order valence-electron chi connectivity index (χ4n) is 18.3. The van der Waals surface area contributed by atoms with Crippen molar-refractivity contribution in [3.8, 4) is 400 Å². The molecule has 0 atom stereocenters. The molecule has 19 aromatic rings. The standard InChI is InChI=1S/C46H28O29.C44H28O29/c47-17-13(27(57)28(58)15-14(17)29(59)38(68)39(69)30(15)60)11-10-9(25(55)36(66)37(67)26(10)56)7(18(48)19(11)49)1-3-5(22(52)34(64)32(62)20(3)50)2(6-4(1)21(51)33(63)35(65)23(6)53)8-12-16-31(61)40(70)42(72)44(74)46(16)75-45(12)43(73)41(71)24(8)54;45-15-8(12-23(53)32(62)38(68)33(63)24(12)54)9(13-25(55)34(64)39(69)35(65)26(13)56)16(46)22(52)11(15)2-5-3(17(47)28(58)30(60)19(5)49)1(4-6(2)20(50)31(61)29(59)18(4)48)7-10-14-27(57)36(66)40(70)42(72)44(14)73-43(10)41(71)37(67)21(7)51/h47-74H;45-72H. The van der Waals surface area contributed by atoms with Crippen molar-refractivity contribution in [3.05, 3.63) is 0 Å². The molecule has 0 aliphatic rings. The van der Waals surface area contributed by atoms with Crippen LogP contribution < -0.4 is 0 Å². The van der Waals surface area contributed by atoms with Crippen molar-refractivity contribution in [1.29, 1.82) is 0 Å². The van der Waals surface area contributed by atoms with Gasteiger partial charge in [0.15, 0.2) is 172 Å². The fraction of sp³-hybridized carbons (Fsp3) is 0. The Hall–Kier alpha value is -23.3. The first-order valence-electron chi connectivity index (χ1n) is 39.6. The van der Waals surface area contributed by atoms with Gasteiger partial charge in [0.1, 0.15) is 11.5 Å². The second kappa shape index (κ2) is 30.1. The molecule has 148 heavy (non-hydrogen) atoms. The summed E-state index contributed by atoms with van der Waals surface area (Å²) >= 11 is 0. The average molecular weight is 2070 g/mol. The van der Waals surface area contributed by atoms with Gasteiger partial charge in [-0.05, 0) is 0 Å². The molecule has 0 amide bonds. The van der Waals surface area contributed by atoms with Gasteiger partial charge in [-0.2, -0.15) is 0 Å². The lowest BCUT2D eigenvalue weighted by Gasteiger charge is -2.26. The highest BCUT2D eigenvalue weighted by Gasteiger charge is 2.47. The molecule has 2 aromatic heterocycles. The lowest BCUT2D eigenvalue weighted by atomic mass is 9.79. The quantitative estimate of drug-likeness (QED) is 0.0401. The fourth-order valence-corrected chi connectivity index (χ4v) is 18.3. The first kappa shape index (κ1) is 95.0. The van der Waals surface area contributed by atoms with Crippen LogP contribution in [-0.2, 0) is 0 Å². The number of rotatable bonds is 7. The molecule has 0 saturated heterocycles. The molecule has 58 heteroatoms. The minimum Gasteiger partial charge on any atom is -0.506 e. The van der Waals surface area contributed by atoms with Crippen LogP contribution >= 0.6 is 0 Å². The van der Waals surface area contributed by atoms with Crippen molar-refractivity contribution in [1.82, 2.24) is 0 Å². The van der Waals surface area contributed by atoms with Gasteiger partial charge in [0.25, 0.3) is 0 Å². The summed E-state index contributed by atoms with van der Waals surface area (Å²) in [4.78, 5) is 0. The van der Waals surface area contributed by atoms with Crippen LogP contribution in [0.5, 0.6) is 322 Å². The van der Waals surface area contributed by atoms with Crippen molar-refractivity contribution in [2.24, 2.45) is 0 Å². The summed E-state index contributed by atoms with van der Waals surface area (Å²) in [7, 11) is 0. The summed E-state index contributed by atoms with van der Waals surface area (Å²) in [5.41, 5.74) is -26.3. The van der Waals surface area contributed by atoms with E-state index in [1.165, 1.54) is 0 Å². The van der Waals surface area contributed by atoms with Crippen molar-refractivity contribution in [2.45, 2.75) is 0 Å². The molecular formula is C90H56O58. The van der Waals surface area contributed by atoms with Crippen LogP contribution in [0, 0.1) is 0 Å². The Morgan fingerprint density at radius 2 is 0.169 bits per heavy atom. The van der Waals surface area contributed by atoms with Crippen molar-refractivity contribution >= 4 is 109 Å². The van der Waals surface area contributed by atoms with E-state index < -0.39 is 508 Å². The Labute approximate surface area is 800 Å². The Balaban J connectivity index is 0.000000194. The van der Waals surface area contributed by atoms with Crippen LogP contribution in [0.25, 0.3) is 186 Å². The SMILES string of the molecule is Oc1c(O)c(O)c(-c2c(O)c(O)c(-c3c4c(O)c(O)c(O)c(O)c4c(-c4c(O)c(O)c(O)c5oc6c(O)c(O)c(O)c(O)c6c45)c4c(O)c(O)c(O)c(O)c34)c(O)c2-c2c(O)c(O)c(O)c(O)c2O)c(O)c1O.Oc1c(O)c(O)c2c(oc3c(O)c(O)c(O)c(-c4c5c(O)c(O)c(O)c(O)c5c(-c5c(O)c(O)c(-c6c(O)c(O)c7c(O)c(O)c(O)c(O)c7c6O)c6c(O)c(O)c(O)c(O)c56)c5c(O)c(O)c(O)c(O)c45)c32)c1O. The average Bonchev–Trinajstić information content (AvgIpc) is 1.17. The minimum atomic E-state index is -2.02. The molecule has 2 heterocycles. The maximum Gasteiger partial charge on any atom is 0.208 e. The first-order valence-corrected chi connectivity index (χ1v) is 39.6. The molecule has 58 nitrogen and oxygen atoms in total. The topological polar surface area (TPSA) is 1160 Å². The lowest BCUT2D eigenvalue weighted by molar-refractivity contribution is 0.329. The molecule has 0 unspecified atom stereocenters. The highest BCUT2D eigenvalue weighted by atomic mass is 16.4. The lowest BCUT2D eigenvalue weighted by Crippen LogP contribution is -1.98. The van der Waals surface area contributed by atoms with E-state index >= 15 is 0 Å². The van der Waals surface area contributed by atoms with E-state index in [9.17, 15) is 286 Å². The predicted octanol–water partition coefficient (Wildman–Crippen LogP) is 9.27. The van der Waals surface area contributed by atoms with E-state index in [-0.39, 0.29) is 0 Å². The molecule has 764 valence electrons. The van der Waals surface area contributed by atoms with E-state index in [0.29, 0.717) is 0 Å². The molecule has 0 fully saturated rings. The number of phenols is 56. The van der Waals surface area contributed by atoms with E-state index in [2.05, 4.69) is 0 Å². The van der Waals surface area contributed by atoms with Crippen molar-refractivity contribution in [3.63, 3.8) is 0 Å². The third-order valence-corrected chi connectivity index (χ3v) is 25.0. The largest absolute Gasteiger partial charge is 0.506 e. The second-order valence-electron chi connectivity index (χ2n) is 32.3. The molecule has 0 bridgehead atoms. The van der Waals surface area contributed by atoms with Gasteiger partial charge in [-0.25, -0.2) is 0 Å². The third kappa shape index (κ3) is 11.1. The van der Waals surface area contributed by atoms with Gasteiger partial charge in [-0.3, -0.25) is 0 Å². The summed E-state index contributed by atoms with van der Waals surface area (Å²) in [5.74, 6) is -97.8. The van der Waals surface area contributed by atoms with Crippen LogP contribution in [0.4, 0.5) is 0 Å². The summed E-state index contributed by atoms with van der Waals surface area (Å²) in [6.45, 7) is 0. The molecular weight excluding hydrogens is 2010 g/mol. The van der Waals surface area contributed by atoms with Gasteiger partial charge in [0.2, 0.25) is 161 Å². The highest BCUT2D eigenvalue weighted by Crippen LogP contribution is 2.76. The van der Waals surface area contributed by atoms with Crippen molar-refractivity contribution in [2.75, 3.05) is 0 Å². The molecule has 19 rings (SSSR count). The molecule has 0 aliphatic carbocycles. The predicted molar refractivity (Wildman–Crippen MR) is 484 cm³/mol. The molecule has 0 radical (unpaired) electrons. The Morgan fingerprint density at radius 1 is 0.0608 bits per heavy atom. The van der Waals surface area contributed by atoms with Crippen LogP contribution in [0.1, 0.15) is 0 Å². The number of phenolic OH excluding ortho intramolecular Hbond substituents is 56. The highest BCUT2D eigenvalue weighted by molar-refractivity contribution is 6.38. The zero-order chi connectivity index (χ0) is 109. The molecule has 56 N–H and O–H groups in total. The summed E-state index contributed by atoms with van der Waals surface area (Å²) < 4.78 is 10.8. The van der Waals surface area contributed by atoms with Crippen LogP contribution in [-0.4, -0.2) is 286 Å². The van der Waals surface area contributed by atoms with Gasteiger partial charge in [-0.15, -0.1) is 0 Å². The van der Waals surface area contributed by atoms with Crippen molar-refractivity contribution < 1.29 is 295 Å². The molecule has 0 saturated carbocycles. The van der Waals surface area contributed by atoms with Crippen LogP contribution in [0.2, 0.25) is 0 Å². The van der Waals surface area contributed by atoms with Gasteiger partial charge < -0.3 is 295 Å². The van der Waals surface area contributed by atoms with Gasteiger partial charge in [0.05, 0.1) is 43.8 Å². The van der Waals surface area contributed by atoms with Gasteiger partial charge in [0, 0.05) is 120 Å².